The van der Waals surface area contributed by atoms with Gasteiger partial charge in [-0.05, 0) is 33.1 Å². The molecular weight excluding hydrogens is 240 g/mol. The first-order chi connectivity index (χ1) is 9.00. The Morgan fingerprint density at radius 2 is 2.11 bits per heavy atom. The first-order valence-electron chi connectivity index (χ1n) is 7.04. The Hall–Kier alpha value is -1.36. The highest BCUT2D eigenvalue weighted by Crippen LogP contribution is 2.40. The van der Waals surface area contributed by atoms with Crippen LogP contribution in [0.15, 0.2) is 0 Å². The Morgan fingerprint density at radius 3 is 2.63 bits per heavy atom. The van der Waals surface area contributed by atoms with E-state index in [1.807, 2.05) is 20.9 Å². The van der Waals surface area contributed by atoms with Gasteiger partial charge in [0.25, 0.3) is 0 Å². The van der Waals surface area contributed by atoms with Gasteiger partial charge in [-0.1, -0.05) is 0 Å². The van der Waals surface area contributed by atoms with E-state index in [-0.39, 0.29) is 0 Å². The van der Waals surface area contributed by atoms with E-state index in [9.17, 15) is 5.11 Å². The van der Waals surface area contributed by atoms with Crippen molar-refractivity contribution in [1.29, 1.82) is 0 Å². The smallest absolute Gasteiger partial charge is 0.137 e. The van der Waals surface area contributed by atoms with Crippen LogP contribution in [0.2, 0.25) is 0 Å². The average molecular weight is 262 g/mol. The van der Waals surface area contributed by atoms with E-state index in [2.05, 4.69) is 15.2 Å². The zero-order valence-corrected chi connectivity index (χ0v) is 11.9. The maximum Gasteiger partial charge on any atom is 0.137 e. The summed E-state index contributed by atoms with van der Waals surface area (Å²) in [5, 5.41) is 13.3. The number of hydrogen-bond donors (Lipinski definition) is 2. The van der Waals surface area contributed by atoms with Gasteiger partial charge in [-0.2, -0.15) is 0 Å². The second kappa shape index (κ2) is 4.34. The predicted molar refractivity (Wildman–Crippen MR) is 75.7 cm³/mol. The summed E-state index contributed by atoms with van der Waals surface area (Å²) in [6, 6.07) is 0. The molecule has 19 heavy (non-hydrogen) atoms. The number of anilines is 2. The molecule has 0 bridgehead atoms. The summed E-state index contributed by atoms with van der Waals surface area (Å²) < 4.78 is 0. The highest BCUT2D eigenvalue weighted by Gasteiger charge is 2.34. The summed E-state index contributed by atoms with van der Waals surface area (Å²) in [5.41, 5.74) is 0.473. The summed E-state index contributed by atoms with van der Waals surface area (Å²) in [6.07, 6.45) is 3.19. The van der Waals surface area contributed by atoms with Crippen molar-refractivity contribution in [2.75, 3.05) is 30.4 Å². The molecule has 2 heterocycles. The lowest BCUT2D eigenvalue weighted by molar-refractivity contribution is 0.0839. The Morgan fingerprint density at radius 1 is 1.37 bits per heavy atom. The van der Waals surface area contributed by atoms with Crippen LogP contribution in [-0.4, -0.2) is 40.8 Å². The number of hydrogen-bond acceptors (Lipinski definition) is 5. The molecule has 5 heteroatoms. The molecule has 0 amide bonds. The zero-order valence-electron chi connectivity index (χ0n) is 11.9. The normalized spacial score (nSPS) is 26.8. The molecule has 1 saturated carbocycles. The van der Waals surface area contributed by atoms with Crippen LogP contribution < -0.4 is 10.2 Å². The van der Waals surface area contributed by atoms with Gasteiger partial charge in [0.15, 0.2) is 0 Å². The predicted octanol–water partition coefficient (Wildman–Crippen LogP) is 1.67. The van der Waals surface area contributed by atoms with Crippen molar-refractivity contribution in [3.8, 4) is 0 Å². The summed E-state index contributed by atoms with van der Waals surface area (Å²) in [5.74, 6) is 3.39. The molecule has 1 aromatic heterocycles. The van der Waals surface area contributed by atoms with Crippen molar-refractivity contribution in [3.05, 3.63) is 11.4 Å². The van der Waals surface area contributed by atoms with Gasteiger partial charge >= 0.3 is 0 Å². The van der Waals surface area contributed by atoms with Crippen molar-refractivity contribution in [3.63, 3.8) is 0 Å². The fourth-order valence-electron chi connectivity index (χ4n) is 2.72. The van der Waals surface area contributed by atoms with E-state index >= 15 is 0 Å². The van der Waals surface area contributed by atoms with Gasteiger partial charge in [0.1, 0.15) is 17.5 Å². The second-order valence-electron chi connectivity index (χ2n) is 6.07. The maximum absolute atomic E-state index is 10.1. The van der Waals surface area contributed by atoms with Crippen LogP contribution in [0.5, 0.6) is 0 Å². The molecule has 104 valence electrons. The molecule has 3 rings (SSSR count). The van der Waals surface area contributed by atoms with Gasteiger partial charge < -0.3 is 15.3 Å². The summed E-state index contributed by atoms with van der Waals surface area (Å²) in [7, 11) is 1.90. The molecule has 1 aromatic rings. The lowest BCUT2D eigenvalue weighted by atomic mass is 10.1. The molecule has 0 spiro atoms. The molecule has 1 atom stereocenters. The van der Waals surface area contributed by atoms with E-state index in [0.29, 0.717) is 12.5 Å². The number of rotatable bonds is 3. The first kappa shape index (κ1) is 12.7. The van der Waals surface area contributed by atoms with Gasteiger partial charge in [0.05, 0.1) is 5.60 Å². The quantitative estimate of drug-likeness (QED) is 0.867. The molecule has 2 fully saturated rings. The van der Waals surface area contributed by atoms with E-state index in [0.717, 1.165) is 36.0 Å². The summed E-state index contributed by atoms with van der Waals surface area (Å²) in [6.45, 7) is 5.45. The van der Waals surface area contributed by atoms with Crippen molar-refractivity contribution < 1.29 is 5.11 Å². The number of aromatic nitrogens is 2. The van der Waals surface area contributed by atoms with Crippen LogP contribution in [0.4, 0.5) is 11.6 Å². The third-order valence-corrected chi connectivity index (χ3v) is 4.07. The highest BCUT2D eigenvalue weighted by molar-refractivity contribution is 5.59. The number of aliphatic hydroxyl groups is 1. The fourth-order valence-corrected chi connectivity index (χ4v) is 2.72. The lowest BCUT2D eigenvalue weighted by Gasteiger charge is -2.23. The largest absolute Gasteiger partial charge is 0.388 e. The minimum Gasteiger partial charge on any atom is -0.388 e. The standard InChI is InChI=1S/C14H22N4O/c1-9-11(15-3)16-12(10-4-5-10)17-13(9)18-7-6-14(2,19)8-18/h10,19H,4-8H2,1-3H3,(H,15,16,17). The highest BCUT2D eigenvalue weighted by atomic mass is 16.3. The zero-order chi connectivity index (χ0) is 13.6. The van der Waals surface area contributed by atoms with Crippen molar-refractivity contribution >= 4 is 11.6 Å². The van der Waals surface area contributed by atoms with Crippen LogP contribution in [0, 0.1) is 6.92 Å². The number of nitrogens with one attached hydrogen (secondary N) is 1. The molecule has 1 saturated heterocycles. The van der Waals surface area contributed by atoms with Crippen molar-refractivity contribution in [2.45, 2.75) is 44.6 Å². The van der Waals surface area contributed by atoms with Gasteiger partial charge in [0, 0.05) is 31.6 Å². The van der Waals surface area contributed by atoms with Crippen LogP contribution >= 0.6 is 0 Å². The number of β-amino-alcohol motifs (C(OH)–C–C–N with tert-alkyl or cyclic N) is 1. The van der Waals surface area contributed by atoms with Crippen LogP contribution in [0.25, 0.3) is 0 Å². The molecule has 5 nitrogen and oxygen atoms in total. The second-order valence-corrected chi connectivity index (χ2v) is 6.07. The molecule has 2 N–H and O–H groups in total. The third kappa shape index (κ3) is 2.39. The van der Waals surface area contributed by atoms with Crippen molar-refractivity contribution in [2.24, 2.45) is 0 Å². The summed E-state index contributed by atoms with van der Waals surface area (Å²) in [4.78, 5) is 11.5. The number of nitrogens with zero attached hydrogens (tertiary/aromatic N) is 3. The molecule has 0 radical (unpaired) electrons. The van der Waals surface area contributed by atoms with Crippen LogP contribution in [0.1, 0.15) is 43.5 Å². The minimum atomic E-state index is -0.600. The fraction of sp³-hybridized carbons (Fsp3) is 0.714. The van der Waals surface area contributed by atoms with Crippen LogP contribution in [-0.2, 0) is 0 Å². The Kier molecular flexibility index (Phi) is 2.89. The third-order valence-electron chi connectivity index (χ3n) is 4.07. The topological polar surface area (TPSA) is 61.3 Å². The van der Waals surface area contributed by atoms with E-state index in [4.69, 9.17) is 4.98 Å². The molecule has 2 aliphatic rings. The molecular formula is C14H22N4O. The van der Waals surface area contributed by atoms with Gasteiger partial charge in [-0.15, -0.1) is 0 Å². The SMILES string of the molecule is CNc1nc(C2CC2)nc(N2CCC(C)(O)C2)c1C. The Balaban J connectivity index is 1.97. The van der Waals surface area contributed by atoms with E-state index < -0.39 is 5.60 Å². The molecule has 0 aromatic carbocycles. The van der Waals surface area contributed by atoms with Gasteiger partial charge in [-0.3, -0.25) is 0 Å². The van der Waals surface area contributed by atoms with Crippen molar-refractivity contribution in [1.82, 2.24) is 9.97 Å². The average Bonchev–Trinajstić information content (AvgIpc) is 3.14. The molecule has 1 unspecified atom stereocenters. The maximum atomic E-state index is 10.1. The van der Waals surface area contributed by atoms with E-state index in [1.165, 1.54) is 12.8 Å². The molecule has 1 aliphatic carbocycles. The monoisotopic (exact) mass is 262 g/mol. The van der Waals surface area contributed by atoms with Gasteiger partial charge in [0.2, 0.25) is 0 Å². The molecule has 1 aliphatic heterocycles. The van der Waals surface area contributed by atoms with Crippen LogP contribution in [0.3, 0.4) is 0 Å². The minimum absolute atomic E-state index is 0.537. The lowest BCUT2D eigenvalue weighted by Crippen LogP contribution is -2.30. The van der Waals surface area contributed by atoms with Gasteiger partial charge in [-0.25, -0.2) is 9.97 Å². The first-order valence-corrected chi connectivity index (χ1v) is 7.04. The Bertz CT molecular complexity index is 496. The van der Waals surface area contributed by atoms with E-state index in [1.54, 1.807) is 0 Å². The Labute approximate surface area is 114 Å². The summed E-state index contributed by atoms with van der Waals surface area (Å²) >= 11 is 0.